The van der Waals surface area contributed by atoms with Crippen LogP contribution in [0.3, 0.4) is 0 Å². The topological polar surface area (TPSA) is 101 Å². The van der Waals surface area contributed by atoms with E-state index in [-0.39, 0.29) is 0 Å². The van der Waals surface area contributed by atoms with Gasteiger partial charge in [-0.1, -0.05) is 0 Å². The predicted octanol–water partition coefficient (Wildman–Crippen LogP) is -0.113. The number of anilines is 1. The maximum absolute atomic E-state index is 12.0. The molecule has 3 heterocycles. The van der Waals surface area contributed by atoms with Crippen LogP contribution in [0.1, 0.15) is 11.3 Å². The van der Waals surface area contributed by atoms with E-state index in [0.717, 1.165) is 37.4 Å². The van der Waals surface area contributed by atoms with Gasteiger partial charge in [-0.05, 0) is 23.1 Å². The molecular formula is C13H20N6O2S. The molecule has 1 aliphatic heterocycles. The van der Waals surface area contributed by atoms with E-state index in [4.69, 9.17) is 10.4 Å². The number of fused-ring (bicyclic) bond motifs is 1. The zero-order chi connectivity index (χ0) is 15.9. The molecule has 0 spiro atoms. The van der Waals surface area contributed by atoms with E-state index in [2.05, 4.69) is 26.1 Å². The number of nitrogens with zero attached hydrogens (tertiary/aromatic N) is 5. The SMILES string of the molecule is C=S(C)(=O)N1CCN(Cc2c(C)nc3nonc3c2N)CC1. The van der Waals surface area contributed by atoms with Crippen molar-refractivity contribution in [3.05, 3.63) is 11.3 Å². The van der Waals surface area contributed by atoms with E-state index in [1.54, 1.807) is 6.26 Å². The van der Waals surface area contributed by atoms with Gasteiger partial charge in [-0.3, -0.25) is 9.11 Å². The average Bonchev–Trinajstić information content (AvgIpc) is 2.91. The molecule has 2 aromatic rings. The normalized spacial score (nSPS) is 20.3. The van der Waals surface area contributed by atoms with Crippen molar-refractivity contribution in [1.29, 1.82) is 0 Å². The summed E-state index contributed by atoms with van der Waals surface area (Å²) in [5, 5.41) is 7.54. The minimum Gasteiger partial charge on any atom is -0.396 e. The number of rotatable bonds is 3. The first kappa shape index (κ1) is 15.2. The molecule has 3 rings (SSSR count). The lowest BCUT2D eigenvalue weighted by Crippen LogP contribution is -2.47. The number of nitrogen functional groups attached to an aromatic ring is 1. The van der Waals surface area contributed by atoms with E-state index in [1.807, 2.05) is 11.2 Å². The van der Waals surface area contributed by atoms with Crippen molar-refractivity contribution in [2.24, 2.45) is 0 Å². The van der Waals surface area contributed by atoms with Crippen LogP contribution in [0.5, 0.6) is 0 Å². The Morgan fingerprint density at radius 1 is 1.32 bits per heavy atom. The van der Waals surface area contributed by atoms with Crippen molar-refractivity contribution in [1.82, 2.24) is 24.5 Å². The highest BCUT2D eigenvalue weighted by Gasteiger charge is 2.22. The quantitative estimate of drug-likeness (QED) is 0.786. The predicted molar refractivity (Wildman–Crippen MR) is 86.8 cm³/mol. The minimum atomic E-state index is -2.12. The van der Waals surface area contributed by atoms with Gasteiger partial charge in [0.25, 0.3) is 0 Å². The Labute approximate surface area is 129 Å². The molecule has 22 heavy (non-hydrogen) atoms. The minimum absolute atomic E-state index is 0.436. The van der Waals surface area contributed by atoms with E-state index < -0.39 is 9.71 Å². The molecule has 9 heteroatoms. The molecule has 1 unspecified atom stereocenters. The third-order valence-corrected chi connectivity index (χ3v) is 5.48. The van der Waals surface area contributed by atoms with Crippen molar-refractivity contribution in [3.8, 4) is 0 Å². The molecule has 8 nitrogen and oxygen atoms in total. The van der Waals surface area contributed by atoms with Crippen LogP contribution in [0.2, 0.25) is 0 Å². The molecule has 1 fully saturated rings. The van der Waals surface area contributed by atoms with Gasteiger partial charge in [-0.25, -0.2) is 13.9 Å². The summed E-state index contributed by atoms with van der Waals surface area (Å²) < 4.78 is 18.6. The highest BCUT2D eigenvalue weighted by molar-refractivity contribution is 7.97. The first-order valence-electron chi connectivity index (χ1n) is 7.03. The van der Waals surface area contributed by atoms with Gasteiger partial charge in [0, 0.05) is 59.9 Å². The number of piperazine rings is 1. The molecule has 1 saturated heterocycles. The smallest absolute Gasteiger partial charge is 0.226 e. The fourth-order valence-corrected chi connectivity index (χ4v) is 3.62. The summed E-state index contributed by atoms with van der Waals surface area (Å²) >= 11 is 0. The monoisotopic (exact) mass is 324 g/mol. The summed E-state index contributed by atoms with van der Waals surface area (Å²) in [6.45, 7) is 5.69. The van der Waals surface area contributed by atoms with Crippen molar-refractivity contribution >= 4 is 32.4 Å². The summed E-state index contributed by atoms with van der Waals surface area (Å²) in [5.41, 5.74) is 9.48. The van der Waals surface area contributed by atoms with Gasteiger partial charge in [-0.2, -0.15) is 0 Å². The van der Waals surface area contributed by atoms with Crippen LogP contribution in [0.15, 0.2) is 4.63 Å². The number of pyridine rings is 1. The molecule has 0 amide bonds. The fourth-order valence-electron chi connectivity index (χ4n) is 2.69. The number of hydrogen-bond donors (Lipinski definition) is 1. The van der Waals surface area contributed by atoms with Gasteiger partial charge in [-0.15, -0.1) is 0 Å². The van der Waals surface area contributed by atoms with Crippen molar-refractivity contribution in [2.75, 3.05) is 38.2 Å². The molecule has 0 aromatic carbocycles. The molecule has 1 atom stereocenters. The first-order chi connectivity index (χ1) is 10.4. The number of nitrogens with two attached hydrogens (primary N) is 1. The second-order valence-corrected chi connectivity index (χ2v) is 8.13. The Hall–Kier alpha value is -1.71. The van der Waals surface area contributed by atoms with Crippen LogP contribution in [0.25, 0.3) is 11.2 Å². The van der Waals surface area contributed by atoms with Crippen molar-refractivity contribution in [3.63, 3.8) is 0 Å². The van der Waals surface area contributed by atoms with E-state index in [9.17, 15) is 4.21 Å². The van der Waals surface area contributed by atoms with Gasteiger partial charge >= 0.3 is 0 Å². The Bertz CT molecular complexity index is 792. The largest absolute Gasteiger partial charge is 0.396 e. The zero-order valence-corrected chi connectivity index (χ0v) is 13.6. The molecule has 0 saturated carbocycles. The summed E-state index contributed by atoms with van der Waals surface area (Å²) in [6, 6.07) is 0. The van der Waals surface area contributed by atoms with Gasteiger partial charge in [0.15, 0.2) is 5.52 Å². The van der Waals surface area contributed by atoms with Crippen LogP contribution >= 0.6 is 0 Å². The zero-order valence-electron chi connectivity index (χ0n) is 12.8. The van der Waals surface area contributed by atoms with Gasteiger partial charge in [0.1, 0.15) is 0 Å². The summed E-state index contributed by atoms with van der Waals surface area (Å²) in [6.07, 6.45) is 1.68. The van der Waals surface area contributed by atoms with Crippen LogP contribution in [-0.2, 0) is 16.3 Å². The van der Waals surface area contributed by atoms with E-state index in [0.29, 0.717) is 23.4 Å². The van der Waals surface area contributed by atoms with Crippen molar-refractivity contribution in [2.45, 2.75) is 13.5 Å². The Morgan fingerprint density at radius 3 is 2.64 bits per heavy atom. The second kappa shape index (κ2) is 5.49. The maximum atomic E-state index is 12.0. The highest BCUT2D eigenvalue weighted by atomic mass is 32.2. The third-order valence-electron chi connectivity index (χ3n) is 4.02. The lowest BCUT2D eigenvalue weighted by atomic mass is 10.1. The van der Waals surface area contributed by atoms with Crippen molar-refractivity contribution < 1.29 is 8.84 Å². The van der Waals surface area contributed by atoms with Gasteiger partial charge < -0.3 is 5.73 Å². The summed E-state index contributed by atoms with van der Waals surface area (Å²) in [4.78, 5) is 6.64. The first-order valence-corrected chi connectivity index (χ1v) is 9.12. The highest BCUT2D eigenvalue weighted by Crippen LogP contribution is 2.25. The number of aryl methyl sites for hydroxylation is 1. The summed E-state index contributed by atoms with van der Waals surface area (Å²) in [7, 11) is -2.12. The van der Waals surface area contributed by atoms with Crippen LogP contribution in [-0.4, -0.2) is 67.0 Å². The van der Waals surface area contributed by atoms with Gasteiger partial charge in [0.2, 0.25) is 5.65 Å². The average molecular weight is 324 g/mol. The molecule has 0 aliphatic carbocycles. The third kappa shape index (κ3) is 2.79. The molecule has 1 aliphatic rings. The lowest BCUT2D eigenvalue weighted by Gasteiger charge is -2.35. The molecule has 0 radical (unpaired) electrons. The summed E-state index contributed by atoms with van der Waals surface area (Å²) in [5.74, 6) is 3.74. The molecule has 2 N–H and O–H groups in total. The maximum Gasteiger partial charge on any atom is 0.226 e. The number of hydrogen-bond acceptors (Lipinski definition) is 7. The van der Waals surface area contributed by atoms with E-state index in [1.165, 1.54) is 0 Å². The van der Waals surface area contributed by atoms with Crippen LogP contribution in [0.4, 0.5) is 5.69 Å². The molecular weight excluding hydrogens is 304 g/mol. The van der Waals surface area contributed by atoms with Gasteiger partial charge in [0.05, 0.1) is 5.69 Å². The Kier molecular flexibility index (Phi) is 3.79. The van der Waals surface area contributed by atoms with Crippen LogP contribution in [0, 0.1) is 6.92 Å². The Balaban J connectivity index is 1.77. The standard InChI is InChI=1S/C13H20N6O2S/c1-9-10(11(14)12-13(15-9)17-21-16-12)8-18-4-6-19(7-5-18)22(2,3)20/h2,4-8,14H2,1,3H3. The van der Waals surface area contributed by atoms with E-state index >= 15 is 0 Å². The molecule has 120 valence electrons. The molecule has 2 aromatic heterocycles. The fraction of sp³-hybridized carbons (Fsp3) is 0.538. The second-order valence-electron chi connectivity index (χ2n) is 5.69. The number of aromatic nitrogens is 3. The lowest BCUT2D eigenvalue weighted by molar-refractivity contribution is 0.185. The van der Waals surface area contributed by atoms with Crippen LogP contribution < -0.4 is 5.73 Å². The molecule has 0 bridgehead atoms. The Morgan fingerprint density at radius 2 is 2.00 bits per heavy atom.